The molecule has 2 aromatic rings. The maximum atomic E-state index is 5.71. The van der Waals surface area contributed by atoms with Crippen molar-refractivity contribution in [2.24, 2.45) is 0 Å². The summed E-state index contributed by atoms with van der Waals surface area (Å²) in [5.74, 6) is 1.79. The smallest absolute Gasteiger partial charge is 0.125 e. The molecule has 0 saturated heterocycles. The second-order valence-corrected chi connectivity index (χ2v) is 4.19. The lowest BCUT2D eigenvalue weighted by Gasteiger charge is -2.07. The Hall–Kier alpha value is -2.03. The van der Waals surface area contributed by atoms with Gasteiger partial charge in [-0.25, -0.2) is 4.98 Å². The number of pyridine rings is 1. The number of ether oxygens (including phenoxy) is 1. The van der Waals surface area contributed by atoms with Gasteiger partial charge >= 0.3 is 0 Å². The molecule has 94 valence electrons. The summed E-state index contributed by atoms with van der Waals surface area (Å²) in [6, 6.07) is 12.0. The van der Waals surface area contributed by atoms with E-state index in [1.54, 1.807) is 0 Å². The number of aromatic nitrogens is 1. The van der Waals surface area contributed by atoms with Gasteiger partial charge in [0.1, 0.15) is 18.2 Å². The quantitative estimate of drug-likeness (QED) is 0.872. The third kappa shape index (κ3) is 3.48. The van der Waals surface area contributed by atoms with Crippen molar-refractivity contribution in [2.75, 3.05) is 11.9 Å². The number of benzene rings is 1. The fourth-order valence-electron chi connectivity index (χ4n) is 1.67. The molecule has 0 amide bonds. The molecule has 3 nitrogen and oxygen atoms in total. The molecular formula is C15H18N2O. The normalized spacial score (nSPS) is 10.1. The molecule has 0 saturated carbocycles. The van der Waals surface area contributed by atoms with Crippen LogP contribution in [0.4, 0.5) is 5.82 Å². The molecule has 0 spiro atoms. The summed E-state index contributed by atoms with van der Waals surface area (Å²) >= 11 is 0. The van der Waals surface area contributed by atoms with Gasteiger partial charge in [0.05, 0.1) is 0 Å². The number of hydrogen-bond donors (Lipinski definition) is 1. The van der Waals surface area contributed by atoms with Gasteiger partial charge in [0.2, 0.25) is 0 Å². The Morgan fingerprint density at radius 2 is 2.11 bits per heavy atom. The van der Waals surface area contributed by atoms with E-state index in [0.29, 0.717) is 6.61 Å². The maximum absolute atomic E-state index is 5.71. The molecule has 0 unspecified atom stereocenters. The Kier molecular flexibility index (Phi) is 4.18. The first-order valence-electron chi connectivity index (χ1n) is 6.16. The first kappa shape index (κ1) is 12.4. The van der Waals surface area contributed by atoms with E-state index < -0.39 is 0 Å². The summed E-state index contributed by atoms with van der Waals surface area (Å²) in [7, 11) is 0. The second kappa shape index (κ2) is 6.05. The minimum absolute atomic E-state index is 0.545. The minimum atomic E-state index is 0.545. The molecule has 0 aliphatic rings. The molecule has 0 aliphatic heterocycles. The molecule has 1 N–H and O–H groups in total. The summed E-state index contributed by atoms with van der Waals surface area (Å²) < 4.78 is 5.71. The molecule has 18 heavy (non-hydrogen) atoms. The van der Waals surface area contributed by atoms with Gasteiger partial charge in [-0.15, -0.1) is 0 Å². The molecule has 2 rings (SSSR count). The molecule has 0 radical (unpaired) electrons. The van der Waals surface area contributed by atoms with Gasteiger partial charge in [-0.1, -0.05) is 18.2 Å². The summed E-state index contributed by atoms with van der Waals surface area (Å²) in [4.78, 5) is 4.31. The van der Waals surface area contributed by atoms with Crippen LogP contribution >= 0.6 is 0 Å². The topological polar surface area (TPSA) is 34.1 Å². The second-order valence-electron chi connectivity index (χ2n) is 4.19. The zero-order chi connectivity index (χ0) is 12.8. The van der Waals surface area contributed by atoms with E-state index in [4.69, 9.17) is 4.74 Å². The third-order valence-corrected chi connectivity index (χ3v) is 2.58. The van der Waals surface area contributed by atoms with Crippen molar-refractivity contribution in [3.05, 3.63) is 53.7 Å². The van der Waals surface area contributed by atoms with E-state index in [2.05, 4.69) is 30.2 Å². The molecule has 0 bridgehead atoms. The van der Waals surface area contributed by atoms with Crippen LogP contribution in [0.2, 0.25) is 0 Å². The highest BCUT2D eigenvalue weighted by atomic mass is 16.5. The van der Waals surface area contributed by atoms with Crippen molar-refractivity contribution < 1.29 is 4.74 Å². The van der Waals surface area contributed by atoms with Crippen LogP contribution < -0.4 is 10.1 Å². The maximum Gasteiger partial charge on any atom is 0.125 e. The van der Waals surface area contributed by atoms with E-state index >= 15 is 0 Å². The van der Waals surface area contributed by atoms with Crippen LogP contribution in [0.5, 0.6) is 5.75 Å². The number of hydrogen-bond acceptors (Lipinski definition) is 3. The lowest BCUT2D eigenvalue weighted by Crippen LogP contribution is -2.01. The summed E-state index contributed by atoms with van der Waals surface area (Å²) in [6.07, 6.45) is 1.84. The largest absolute Gasteiger partial charge is 0.489 e. The first-order valence-corrected chi connectivity index (χ1v) is 6.16. The third-order valence-electron chi connectivity index (χ3n) is 2.58. The van der Waals surface area contributed by atoms with E-state index in [1.165, 1.54) is 5.56 Å². The van der Waals surface area contributed by atoms with Gasteiger partial charge in [0.15, 0.2) is 0 Å². The fraction of sp³-hybridized carbons (Fsp3) is 0.267. The van der Waals surface area contributed by atoms with Gasteiger partial charge in [-0.05, 0) is 37.6 Å². The van der Waals surface area contributed by atoms with Crippen LogP contribution in [-0.2, 0) is 6.61 Å². The highest BCUT2D eigenvalue weighted by molar-refractivity contribution is 5.35. The Morgan fingerprint density at radius 1 is 1.22 bits per heavy atom. The standard InChI is InChI=1S/C15H18N2O/c1-3-16-15-8-7-13(10-17-15)11-18-14-6-4-5-12(2)9-14/h4-10H,3,11H2,1-2H3,(H,16,17). The molecule has 1 aromatic heterocycles. The Morgan fingerprint density at radius 3 is 2.78 bits per heavy atom. The van der Waals surface area contributed by atoms with Crippen LogP contribution in [0, 0.1) is 6.92 Å². The fourth-order valence-corrected chi connectivity index (χ4v) is 1.67. The van der Waals surface area contributed by atoms with Gasteiger partial charge < -0.3 is 10.1 Å². The monoisotopic (exact) mass is 242 g/mol. The van der Waals surface area contributed by atoms with Crippen molar-refractivity contribution in [3.8, 4) is 5.75 Å². The van der Waals surface area contributed by atoms with Gasteiger partial charge in [0, 0.05) is 18.3 Å². The number of rotatable bonds is 5. The zero-order valence-corrected chi connectivity index (χ0v) is 10.8. The molecule has 0 aliphatic carbocycles. The average Bonchev–Trinajstić information content (AvgIpc) is 2.38. The van der Waals surface area contributed by atoms with Gasteiger partial charge in [-0.2, -0.15) is 0 Å². The molecule has 1 aromatic carbocycles. The predicted octanol–water partition coefficient (Wildman–Crippen LogP) is 3.40. The summed E-state index contributed by atoms with van der Waals surface area (Å²) in [5, 5.41) is 3.16. The Balaban J connectivity index is 1.93. The molecule has 1 heterocycles. The van der Waals surface area contributed by atoms with Crippen molar-refractivity contribution in [3.63, 3.8) is 0 Å². The lowest BCUT2D eigenvalue weighted by molar-refractivity contribution is 0.305. The van der Waals surface area contributed by atoms with E-state index in [0.717, 1.165) is 23.7 Å². The molecule has 0 atom stereocenters. The van der Waals surface area contributed by atoms with E-state index in [-0.39, 0.29) is 0 Å². The summed E-state index contributed by atoms with van der Waals surface area (Å²) in [6.45, 7) is 5.53. The molecule has 0 fully saturated rings. The predicted molar refractivity (Wildman–Crippen MR) is 73.9 cm³/mol. The van der Waals surface area contributed by atoms with Crippen LogP contribution in [0.1, 0.15) is 18.1 Å². The van der Waals surface area contributed by atoms with Gasteiger partial charge in [0.25, 0.3) is 0 Å². The lowest BCUT2D eigenvalue weighted by atomic mass is 10.2. The molecular weight excluding hydrogens is 224 g/mol. The highest BCUT2D eigenvalue weighted by Gasteiger charge is 1.98. The minimum Gasteiger partial charge on any atom is -0.489 e. The van der Waals surface area contributed by atoms with Crippen molar-refractivity contribution in [2.45, 2.75) is 20.5 Å². The van der Waals surface area contributed by atoms with Gasteiger partial charge in [-0.3, -0.25) is 0 Å². The average molecular weight is 242 g/mol. The number of aryl methyl sites for hydroxylation is 1. The van der Waals surface area contributed by atoms with Crippen molar-refractivity contribution >= 4 is 5.82 Å². The first-order chi connectivity index (χ1) is 8.78. The van der Waals surface area contributed by atoms with Crippen molar-refractivity contribution in [1.29, 1.82) is 0 Å². The van der Waals surface area contributed by atoms with Crippen molar-refractivity contribution in [1.82, 2.24) is 4.98 Å². The Bertz CT molecular complexity index is 494. The van der Waals surface area contributed by atoms with Crippen LogP contribution in [0.25, 0.3) is 0 Å². The van der Waals surface area contributed by atoms with E-state index in [1.807, 2.05) is 36.5 Å². The van der Waals surface area contributed by atoms with Crippen LogP contribution in [0.15, 0.2) is 42.6 Å². The van der Waals surface area contributed by atoms with Crippen LogP contribution in [0.3, 0.4) is 0 Å². The Labute approximate surface area is 108 Å². The molecule has 3 heteroatoms. The highest BCUT2D eigenvalue weighted by Crippen LogP contribution is 2.14. The zero-order valence-electron chi connectivity index (χ0n) is 10.8. The van der Waals surface area contributed by atoms with Crippen LogP contribution in [-0.4, -0.2) is 11.5 Å². The number of nitrogens with one attached hydrogen (secondary N) is 1. The number of anilines is 1. The summed E-state index contributed by atoms with van der Waals surface area (Å²) in [5.41, 5.74) is 2.27. The van der Waals surface area contributed by atoms with E-state index in [9.17, 15) is 0 Å². The SMILES string of the molecule is CCNc1ccc(COc2cccc(C)c2)cn1. The number of nitrogens with zero attached hydrogens (tertiary/aromatic N) is 1.